The Morgan fingerprint density at radius 2 is 1.77 bits per heavy atom. The number of esters is 2. The quantitative estimate of drug-likeness (QED) is 0.383. The van der Waals surface area contributed by atoms with Gasteiger partial charge in [-0.3, -0.25) is 19.2 Å². The van der Waals surface area contributed by atoms with E-state index in [4.69, 9.17) is 14.2 Å². The maximum Gasteiger partial charge on any atom is 0.308 e. The largest absolute Gasteiger partial charge is 0.466 e. The van der Waals surface area contributed by atoms with Crippen LogP contribution in [0.3, 0.4) is 0 Å². The van der Waals surface area contributed by atoms with Crippen LogP contribution >= 0.6 is 0 Å². The molecule has 0 saturated carbocycles. The molecule has 1 aliphatic heterocycles. The van der Waals surface area contributed by atoms with Crippen LogP contribution in [0.1, 0.15) is 31.2 Å². The molecule has 9 nitrogen and oxygen atoms in total. The monoisotopic (exact) mass is 434 g/mol. The summed E-state index contributed by atoms with van der Waals surface area (Å²) in [4.78, 5) is 50.0. The van der Waals surface area contributed by atoms with Crippen molar-refractivity contribution in [3.8, 4) is 0 Å². The van der Waals surface area contributed by atoms with Crippen molar-refractivity contribution >= 4 is 23.8 Å². The third kappa shape index (κ3) is 8.75. The van der Waals surface area contributed by atoms with Gasteiger partial charge < -0.3 is 24.4 Å². The molecule has 1 saturated heterocycles. The van der Waals surface area contributed by atoms with E-state index in [0.717, 1.165) is 12.0 Å². The molecule has 1 aliphatic rings. The highest BCUT2D eigenvalue weighted by molar-refractivity contribution is 5.92. The van der Waals surface area contributed by atoms with Gasteiger partial charge in [-0.15, -0.1) is 0 Å². The van der Waals surface area contributed by atoms with Crippen LogP contribution in [0.25, 0.3) is 0 Å². The Labute approximate surface area is 182 Å². The number of aryl methyl sites for hydroxylation is 1. The molecule has 9 heteroatoms. The smallest absolute Gasteiger partial charge is 0.308 e. The molecule has 1 unspecified atom stereocenters. The van der Waals surface area contributed by atoms with Gasteiger partial charge >= 0.3 is 11.9 Å². The number of piperazine rings is 1. The van der Waals surface area contributed by atoms with Gasteiger partial charge in [-0.2, -0.15) is 0 Å². The van der Waals surface area contributed by atoms with Crippen molar-refractivity contribution in [3.05, 3.63) is 35.9 Å². The molecule has 1 aromatic carbocycles. The van der Waals surface area contributed by atoms with Crippen molar-refractivity contribution in [3.63, 3.8) is 0 Å². The van der Waals surface area contributed by atoms with Crippen LogP contribution in [0.5, 0.6) is 0 Å². The fraction of sp³-hybridized carbons (Fsp3) is 0.545. The van der Waals surface area contributed by atoms with Crippen LogP contribution in [-0.2, 0) is 39.8 Å². The number of rotatable bonds is 12. The highest BCUT2D eigenvalue weighted by Gasteiger charge is 2.35. The second kappa shape index (κ2) is 13.4. The molecule has 2 amide bonds. The SMILES string of the molecule is COCCOC(=O)CCC(=O)N1CCNC(=O)C1CC(=O)OCCCc1ccccc1. The summed E-state index contributed by atoms with van der Waals surface area (Å²) in [6.07, 6.45) is 1.03. The van der Waals surface area contributed by atoms with Gasteiger partial charge in [-0.25, -0.2) is 0 Å². The third-order valence-electron chi connectivity index (χ3n) is 4.82. The molecule has 1 atom stereocenters. The Morgan fingerprint density at radius 3 is 2.52 bits per heavy atom. The number of ether oxygens (including phenoxy) is 3. The maximum atomic E-state index is 12.5. The van der Waals surface area contributed by atoms with Crippen LogP contribution in [0.15, 0.2) is 30.3 Å². The van der Waals surface area contributed by atoms with Gasteiger partial charge in [-0.05, 0) is 18.4 Å². The molecule has 1 aromatic rings. The van der Waals surface area contributed by atoms with Crippen LogP contribution in [-0.4, -0.2) is 74.7 Å². The Morgan fingerprint density at radius 1 is 1.03 bits per heavy atom. The number of hydrogen-bond donors (Lipinski definition) is 1. The Hall–Kier alpha value is -2.94. The highest BCUT2D eigenvalue weighted by Crippen LogP contribution is 2.13. The summed E-state index contributed by atoms with van der Waals surface area (Å²) in [5, 5.41) is 2.66. The lowest BCUT2D eigenvalue weighted by atomic mass is 10.1. The number of benzene rings is 1. The maximum absolute atomic E-state index is 12.5. The second-order valence-electron chi connectivity index (χ2n) is 7.12. The number of carbonyl (C=O) groups is 4. The van der Waals surface area contributed by atoms with Crippen molar-refractivity contribution in [1.82, 2.24) is 10.2 Å². The molecular weight excluding hydrogens is 404 g/mol. The molecule has 0 aliphatic carbocycles. The first kappa shape index (κ1) is 24.3. The van der Waals surface area contributed by atoms with E-state index < -0.39 is 23.9 Å². The molecule has 170 valence electrons. The number of nitrogens with zero attached hydrogens (tertiary/aromatic N) is 1. The van der Waals surface area contributed by atoms with Gasteiger partial charge in [0, 0.05) is 26.6 Å². The normalized spacial score (nSPS) is 15.8. The fourth-order valence-corrected chi connectivity index (χ4v) is 3.20. The Balaban J connectivity index is 1.77. The summed E-state index contributed by atoms with van der Waals surface area (Å²) in [5.74, 6) is -1.82. The average molecular weight is 434 g/mol. The molecule has 31 heavy (non-hydrogen) atoms. The van der Waals surface area contributed by atoms with E-state index in [9.17, 15) is 19.2 Å². The lowest BCUT2D eigenvalue weighted by molar-refractivity contribution is -0.153. The van der Waals surface area contributed by atoms with E-state index >= 15 is 0 Å². The average Bonchev–Trinajstić information content (AvgIpc) is 2.77. The first-order valence-electron chi connectivity index (χ1n) is 10.4. The summed E-state index contributed by atoms with van der Waals surface area (Å²) >= 11 is 0. The first-order valence-corrected chi connectivity index (χ1v) is 10.4. The van der Waals surface area contributed by atoms with E-state index in [2.05, 4.69) is 5.32 Å². The minimum Gasteiger partial charge on any atom is -0.466 e. The van der Waals surface area contributed by atoms with E-state index in [0.29, 0.717) is 13.0 Å². The van der Waals surface area contributed by atoms with Crippen molar-refractivity contribution in [1.29, 1.82) is 0 Å². The van der Waals surface area contributed by atoms with E-state index in [1.807, 2.05) is 30.3 Å². The van der Waals surface area contributed by atoms with Crippen LogP contribution < -0.4 is 5.32 Å². The van der Waals surface area contributed by atoms with Gasteiger partial charge in [0.2, 0.25) is 11.8 Å². The summed E-state index contributed by atoms with van der Waals surface area (Å²) < 4.78 is 15.0. The fourth-order valence-electron chi connectivity index (χ4n) is 3.20. The predicted octanol–water partition coefficient (Wildman–Crippen LogP) is 0.849. The predicted molar refractivity (Wildman–Crippen MR) is 111 cm³/mol. The van der Waals surface area contributed by atoms with E-state index in [1.54, 1.807) is 0 Å². The number of nitrogens with one attached hydrogen (secondary N) is 1. The zero-order valence-corrected chi connectivity index (χ0v) is 17.8. The first-order chi connectivity index (χ1) is 15.0. The standard InChI is InChI=1S/C22H30N2O7/c1-29-14-15-31-20(26)10-9-19(25)24-12-11-23-22(28)18(24)16-21(27)30-13-5-8-17-6-3-2-4-7-17/h2-4,6-7,18H,5,8-16H2,1H3,(H,23,28). The van der Waals surface area contributed by atoms with Gasteiger partial charge in [0.05, 0.1) is 26.1 Å². The third-order valence-corrected chi connectivity index (χ3v) is 4.82. The molecule has 0 bridgehead atoms. The number of amides is 2. The number of methoxy groups -OCH3 is 1. The minimum absolute atomic E-state index is 0.0955. The molecule has 0 aromatic heterocycles. The van der Waals surface area contributed by atoms with Gasteiger partial charge in [0.1, 0.15) is 12.6 Å². The number of hydrogen-bond acceptors (Lipinski definition) is 7. The van der Waals surface area contributed by atoms with Gasteiger partial charge in [-0.1, -0.05) is 30.3 Å². The Kier molecular flexibility index (Phi) is 10.5. The zero-order valence-electron chi connectivity index (χ0n) is 17.8. The summed E-state index contributed by atoms with van der Waals surface area (Å²) in [7, 11) is 1.49. The zero-order chi connectivity index (χ0) is 22.5. The topological polar surface area (TPSA) is 111 Å². The molecule has 0 spiro atoms. The van der Waals surface area contributed by atoms with Crippen molar-refractivity contribution in [2.45, 2.75) is 38.1 Å². The van der Waals surface area contributed by atoms with Crippen molar-refractivity contribution in [2.75, 3.05) is 40.0 Å². The van der Waals surface area contributed by atoms with Crippen molar-refractivity contribution in [2.24, 2.45) is 0 Å². The minimum atomic E-state index is -0.938. The van der Waals surface area contributed by atoms with E-state index in [-0.39, 0.29) is 51.5 Å². The molecule has 1 N–H and O–H groups in total. The Bertz CT molecular complexity index is 739. The van der Waals surface area contributed by atoms with Crippen LogP contribution in [0.4, 0.5) is 0 Å². The molecule has 1 fully saturated rings. The molecule has 1 heterocycles. The highest BCUT2D eigenvalue weighted by atomic mass is 16.6. The van der Waals surface area contributed by atoms with Gasteiger partial charge in [0.25, 0.3) is 0 Å². The van der Waals surface area contributed by atoms with Crippen molar-refractivity contribution < 1.29 is 33.4 Å². The van der Waals surface area contributed by atoms with Crippen LogP contribution in [0, 0.1) is 0 Å². The lowest BCUT2D eigenvalue weighted by Crippen LogP contribution is -2.57. The molecule has 0 radical (unpaired) electrons. The van der Waals surface area contributed by atoms with Crippen LogP contribution in [0.2, 0.25) is 0 Å². The number of carbonyl (C=O) groups excluding carboxylic acids is 4. The second-order valence-corrected chi connectivity index (χ2v) is 7.12. The lowest BCUT2D eigenvalue weighted by Gasteiger charge is -2.34. The molecular formula is C22H30N2O7. The van der Waals surface area contributed by atoms with E-state index in [1.165, 1.54) is 12.0 Å². The summed E-state index contributed by atoms with van der Waals surface area (Å²) in [5.41, 5.74) is 1.16. The summed E-state index contributed by atoms with van der Waals surface area (Å²) in [6.45, 7) is 1.21. The van der Waals surface area contributed by atoms with Gasteiger partial charge in [0.15, 0.2) is 0 Å². The summed E-state index contributed by atoms with van der Waals surface area (Å²) in [6, 6.07) is 8.92. The molecule has 2 rings (SSSR count).